The van der Waals surface area contributed by atoms with E-state index in [9.17, 15) is 22.8 Å². The van der Waals surface area contributed by atoms with Crippen LogP contribution in [0.15, 0.2) is 36.7 Å². The molecule has 156 valence electrons. The molecule has 3 aromatic rings. The van der Waals surface area contributed by atoms with Gasteiger partial charge in [-0.05, 0) is 24.3 Å². The molecule has 8 nitrogen and oxygen atoms in total. The number of nitrogens with two attached hydrogens (primary N) is 1. The number of carbonyl (C=O) groups excluding carboxylic acids is 2. The molecule has 0 aliphatic rings. The number of anilines is 3. The molecule has 13 heteroatoms. The molecular formula is C17H11ClF3N5O3S. The predicted molar refractivity (Wildman–Crippen MR) is 105 cm³/mol. The monoisotopic (exact) mass is 457 g/mol. The number of ether oxygens (including phenoxy) is 1. The third-order valence-electron chi connectivity index (χ3n) is 3.50. The zero-order valence-electron chi connectivity index (χ0n) is 14.7. The SMILES string of the molecule is Nc1ncc(C(=O)Nc2cc(C(=O)Nc3ccc(OC(F)F)cn3)c(F)cc2Cl)s1. The topological polar surface area (TPSA) is 119 Å². The standard InChI is InChI=1S/C17H11ClF3N5O3S/c18-9-4-10(19)8(3-11(9)25-15(28)12-6-24-17(22)30-12)14(27)26-13-2-1-7(5-23-13)29-16(20)21/h1-6,16H,(H2,22,24)(H,25,28)(H,23,26,27). The Hall–Kier alpha value is -3.38. The second-order valence-corrected chi connectivity index (χ2v) is 7.01. The summed E-state index contributed by atoms with van der Waals surface area (Å²) >= 11 is 6.88. The van der Waals surface area contributed by atoms with Crippen LogP contribution in [0.3, 0.4) is 0 Å². The van der Waals surface area contributed by atoms with Crippen LogP contribution in [0.5, 0.6) is 5.75 Å². The van der Waals surface area contributed by atoms with Crippen molar-refractivity contribution in [2.75, 3.05) is 16.4 Å². The van der Waals surface area contributed by atoms with Crippen LogP contribution >= 0.6 is 22.9 Å². The number of thiazole rings is 1. The third-order valence-corrected chi connectivity index (χ3v) is 4.64. The first-order valence-electron chi connectivity index (χ1n) is 7.97. The smallest absolute Gasteiger partial charge is 0.387 e. The molecule has 2 amide bonds. The fourth-order valence-corrected chi connectivity index (χ4v) is 2.98. The second-order valence-electron chi connectivity index (χ2n) is 5.54. The fourth-order valence-electron chi connectivity index (χ4n) is 2.21. The molecule has 0 spiro atoms. The van der Waals surface area contributed by atoms with E-state index in [2.05, 4.69) is 25.3 Å². The maximum absolute atomic E-state index is 14.2. The summed E-state index contributed by atoms with van der Waals surface area (Å²) in [6, 6.07) is 4.25. The second kappa shape index (κ2) is 8.97. The molecule has 1 aromatic carbocycles. The van der Waals surface area contributed by atoms with Crippen LogP contribution in [0.4, 0.5) is 29.8 Å². The van der Waals surface area contributed by atoms with Crippen molar-refractivity contribution in [1.82, 2.24) is 9.97 Å². The van der Waals surface area contributed by atoms with Gasteiger partial charge in [0, 0.05) is 0 Å². The van der Waals surface area contributed by atoms with Crippen molar-refractivity contribution in [1.29, 1.82) is 0 Å². The van der Waals surface area contributed by atoms with Gasteiger partial charge < -0.3 is 21.1 Å². The number of benzene rings is 1. The van der Waals surface area contributed by atoms with E-state index in [0.29, 0.717) is 0 Å². The first-order valence-corrected chi connectivity index (χ1v) is 9.16. The number of nitrogens with zero attached hydrogens (tertiary/aromatic N) is 2. The largest absolute Gasteiger partial charge is 0.433 e. The Bertz CT molecular complexity index is 1090. The van der Waals surface area contributed by atoms with Crippen molar-refractivity contribution in [2.24, 2.45) is 0 Å². The molecule has 0 radical (unpaired) electrons. The molecule has 0 bridgehead atoms. The molecule has 0 atom stereocenters. The van der Waals surface area contributed by atoms with E-state index in [1.165, 1.54) is 12.3 Å². The van der Waals surface area contributed by atoms with Crippen LogP contribution in [-0.2, 0) is 0 Å². The Balaban J connectivity index is 1.77. The van der Waals surface area contributed by atoms with Crippen LogP contribution in [-0.4, -0.2) is 28.4 Å². The van der Waals surface area contributed by atoms with Gasteiger partial charge in [-0.15, -0.1) is 0 Å². The van der Waals surface area contributed by atoms with Gasteiger partial charge in [-0.3, -0.25) is 9.59 Å². The Morgan fingerprint density at radius 3 is 2.50 bits per heavy atom. The van der Waals surface area contributed by atoms with E-state index in [4.69, 9.17) is 17.3 Å². The molecule has 3 rings (SSSR count). The van der Waals surface area contributed by atoms with Gasteiger partial charge in [0.25, 0.3) is 11.8 Å². The Kier molecular flexibility index (Phi) is 6.37. The maximum atomic E-state index is 14.2. The van der Waals surface area contributed by atoms with E-state index in [1.807, 2.05) is 0 Å². The zero-order valence-corrected chi connectivity index (χ0v) is 16.2. The number of hydrogen-bond donors (Lipinski definition) is 3. The van der Waals surface area contributed by atoms with Gasteiger partial charge in [0.2, 0.25) is 0 Å². The maximum Gasteiger partial charge on any atom is 0.387 e. The first-order chi connectivity index (χ1) is 14.2. The Morgan fingerprint density at radius 2 is 1.90 bits per heavy atom. The molecule has 0 fully saturated rings. The van der Waals surface area contributed by atoms with E-state index in [1.54, 1.807) is 0 Å². The summed E-state index contributed by atoms with van der Waals surface area (Å²) in [5.74, 6) is -2.71. The lowest BCUT2D eigenvalue weighted by molar-refractivity contribution is -0.0500. The van der Waals surface area contributed by atoms with Gasteiger partial charge in [0.15, 0.2) is 5.13 Å². The van der Waals surface area contributed by atoms with Crippen molar-refractivity contribution in [3.05, 3.63) is 57.9 Å². The molecule has 0 aliphatic carbocycles. The van der Waals surface area contributed by atoms with E-state index >= 15 is 0 Å². The molecule has 2 aromatic heterocycles. The Labute approximate surface area is 175 Å². The van der Waals surface area contributed by atoms with Crippen molar-refractivity contribution in [3.8, 4) is 5.75 Å². The highest BCUT2D eigenvalue weighted by Crippen LogP contribution is 2.27. The number of rotatable bonds is 6. The minimum Gasteiger partial charge on any atom is -0.433 e. The molecule has 0 saturated heterocycles. The number of carbonyl (C=O) groups is 2. The Morgan fingerprint density at radius 1 is 1.13 bits per heavy atom. The molecular weight excluding hydrogens is 447 g/mol. The van der Waals surface area contributed by atoms with Crippen molar-refractivity contribution < 1.29 is 27.5 Å². The summed E-state index contributed by atoms with van der Waals surface area (Å²) < 4.78 is 42.7. The number of amides is 2. The molecule has 30 heavy (non-hydrogen) atoms. The lowest BCUT2D eigenvalue weighted by Gasteiger charge is -2.11. The van der Waals surface area contributed by atoms with Crippen LogP contribution in [0, 0.1) is 5.82 Å². The van der Waals surface area contributed by atoms with Gasteiger partial charge in [-0.25, -0.2) is 14.4 Å². The lowest BCUT2D eigenvalue weighted by atomic mass is 10.1. The zero-order chi connectivity index (χ0) is 21.8. The van der Waals surface area contributed by atoms with Gasteiger partial charge >= 0.3 is 6.61 Å². The minimum atomic E-state index is -3.02. The number of nitrogens with one attached hydrogen (secondary N) is 2. The summed E-state index contributed by atoms with van der Waals surface area (Å²) in [7, 11) is 0. The number of hydrogen-bond acceptors (Lipinski definition) is 7. The minimum absolute atomic E-state index is 0.0196. The molecule has 4 N–H and O–H groups in total. The summed E-state index contributed by atoms with van der Waals surface area (Å²) in [6.45, 7) is -3.02. The van der Waals surface area contributed by atoms with Crippen molar-refractivity contribution >= 4 is 51.4 Å². The normalized spacial score (nSPS) is 10.7. The van der Waals surface area contributed by atoms with Crippen LogP contribution in [0.1, 0.15) is 20.0 Å². The number of pyridine rings is 1. The van der Waals surface area contributed by atoms with Gasteiger partial charge in [0.05, 0.1) is 28.7 Å². The average Bonchev–Trinajstić information content (AvgIpc) is 3.11. The van der Waals surface area contributed by atoms with E-state index < -0.39 is 29.8 Å². The van der Waals surface area contributed by atoms with Crippen LogP contribution in [0.2, 0.25) is 5.02 Å². The molecule has 2 heterocycles. The summed E-state index contributed by atoms with van der Waals surface area (Å²) in [5.41, 5.74) is 5.02. The molecule has 0 aliphatic heterocycles. The quantitative estimate of drug-likeness (QED) is 0.514. The summed E-state index contributed by atoms with van der Waals surface area (Å²) in [6.07, 6.45) is 2.22. The highest BCUT2D eigenvalue weighted by atomic mass is 35.5. The lowest BCUT2D eigenvalue weighted by Crippen LogP contribution is -2.17. The van der Waals surface area contributed by atoms with Crippen molar-refractivity contribution in [2.45, 2.75) is 6.61 Å². The average molecular weight is 458 g/mol. The molecule has 0 saturated carbocycles. The van der Waals surface area contributed by atoms with E-state index in [-0.39, 0.29) is 32.3 Å². The van der Waals surface area contributed by atoms with Crippen LogP contribution in [0.25, 0.3) is 0 Å². The van der Waals surface area contributed by atoms with Gasteiger partial charge in [0.1, 0.15) is 22.3 Å². The highest BCUT2D eigenvalue weighted by molar-refractivity contribution is 7.17. The van der Waals surface area contributed by atoms with Crippen molar-refractivity contribution in [3.63, 3.8) is 0 Å². The highest BCUT2D eigenvalue weighted by Gasteiger charge is 2.19. The number of nitrogen functional groups attached to an aromatic ring is 1. The van der Waals surface area contributed by atoms with Gasteiger partial charge in [-0.1, -0.05) is 22.9 Å². The van der Waals surface area contributed by atoms with Crippen LogP contribution < -0.4 is 21.1 Å². The van der Waals surface area contributed by atoms with E-state index in [0.717, 1.165) is 35.7 Å². The molecule has 0 unspecified atom stereocenters. The number of halogens is 4. The fraction of sp³-hybridized carbons (Fsp3) is 0.0588. The van der Waals surface area contributed by atoms with Gasteiger partial charge in [-0.2, -0.15) is 8.78 Å². The number of alkyl halides is 2. The predicted octanol–water partition coefficient (Wildman–Crippen LogP) is 4.02. The third kappa shape index (κ3) is 5.15. The number of aromatic nitrogens is 2. The first kappa shape index (κ1) is 21.3. The summed E-state index contributed by atoms with van der Waals surface area (Å²) in [4.78, 5) is 32.3. The summed E-state index contributed by atoms with van der Waals surface area (Å²) in [5, 5.41) is 4.79.